The molecule has 1 N–H and O–H groups in total. The molecule has 2 aromatic rings. The Labute approximate surface area is 135 Å². The van der Waals surface area contributed by atoms with E-state index in [4.69, 9.17) is 0 Å². The van der Waals surface area contributed by atoms with E-state index in [1.807, 2.05) is 32.6 Å². The largest absolute Gasteiger partial charge is 0.337 e. The fourth-order valence-electron chi connectivity index (χ4n) is 2.43. The molecule has 0 bridgehead atoms. The third kappa shape index (κ3) is 4.40. The summed E-state index contributed by atoms with van der Waals surface area (Å²) in [6.07, 6.45) is 4.89. The molecule has 0 aliphatic carbocycles. The average Bonchev–Trinajstić information content (AvgIpc) is 2.86. The number of aromatic nitrogens is 2. The first kappa shape index (κ1) is 16.2. The standard InChI is InChI=1S/C16H23BrN4/c1-18-15(13-6-4-5-7-14(13)17)8-10-20(2)12-16-19-9-11-21(16)3/h4-7,9,11,15,18H,8,10,12H2,1-3H3. The van der Waals surface area contributed by atoms with Crippen LogP contribution in [0.4, 0.5) is 0 Å². The van der Waals surface area contributed by atoms with Crippen LogP contribution in [0.5, 0.6) is 0 Å². The maximum absolute atomic E-state index is 4.37. The summed E-state index contributed by atoms with van der Waals surface area (Å²) in [5, 5.41) is 3.41. The third-order valence-corrected chi connectivity index (χ3v) is 4.48. The van der Waals surface area contributed by atoms with E-state index >= 15 is 0 Å². The molecule has 0 aliphatic rings. The van der Waals surface area contributed by atoms with Crippen LogP contribution in [0.25, 0.3) is 0 Å². The number of halogens is 1. The van der Waals surface area contributed by atoms with Crippen molar-refractivity contribution >= 4 is 15.9 Å². The Morgan fingerprint density at radius 1 is 1.38 bits per heavy atom. The monoisotopic (exact) mass is 350 g/mol. The molecule has 1 atom stereocenters. The molecule has 1 heterocycles. The summed E-state index contributed by atoms with van der Waals surface area (Å²) in [7, 11) is 6.19. The molecular formula is C16H23BrN4. The van der Waals surface area contributed by atoms with Gasteiger partial charge in [-0.05, 0) is 32.1 Å². The second-order valence-electron chi connectivity index (χ2n) is 5.34. The highest BCUT2D eigenvalue weighted by Gasteiger charge is 2.13. The van der Waals surface area contributed by atoms with Crippen LogP contribution in [0.2, 0.25) is 0 Å². The van der Waals surface area contributed by atoms with E-state index < -0.39 is 0 Å². The first-order valence-corrected chi connectivity index (χ1v) is 7.97. The van der Waals surface area contributed by atoms with E-state index in [0.29, 0.717) is 6.04 Å². The Morgan fingerprint density at radius 3 is 2.76 bits per heavy atom. The number of nitrogens with one attached hydrogen (secondary N) is 1. The minimum atomic E-state index is 0.351. The molecule has 2 rings (SSSR count). The number of nitrogens with zero attached hydrogens (tertiary/aromatic N) is 3. The zero-order valence-corrected chi connectivity index (χ0v) is 14.5. The first-order valence-electron chi connectivity index (χ1n) is 7.18. The maximum atomic E-state index is 4.37. The third-order valence-electron chi connectivity index (χ3n) is 3.76. The summed E-state index contributed by atoms with van der Waals surface area (Å²) in [5.74, 6) is 1.10. The van der Waals surface area contributed by atoms with E-state index in [1.165, 1.54) is 5.56 Å². The van der Waals surface area contributed by atoms with Crippen LogP contribution in [0.1, 0.15) is 23.9 Å². The van der Waals surface area contributed by atoms with Crippen LogP contribution < -0.4 is 5.32 Å². The summed E-state index contributed by atoms with van der Waals surface area (Å²) in [6, 6.07) is 8.75. The van der Waals surface area contributed by atoms with Gasteiger partial charge < -0.3 is 9.88 Å². The molecule has 5 heteroatoms. The van der Waals surface area contributed by atoms with Crippen LogP contribution in [0, 0.1) is 0 Å². The van der Waals surface area contributed by atoms with E-state index in [-0.39, 0.29) is 0 Å². The van der Waals surface area contributed by atoms with Gasteiger partial charge in [0.1, 0.15) is 5.82 Å². The highest BCUT2D eigenvalue weighted by molar-refractivity contribution is 9.10. The fraction of sp³-hybridized carbons (Fsp3) is 0.438. The van der Waals surface area contributed by atoms with Crippen LogP contribution in [-0.2, 0) is 13.6 Å². The number of imidazole rings is 1. The van der Waals surface area contributed by atoms with Gasteiger partial charge in [-0.2, -0.15) is 0 Å². The predicted molar refractivity (Wildman–Crippen MR) is 90.1 cm³/mol. The van der Waals surface area contributed by atoms with Crippen LogP contribution in [0.15, 0.2) is 41.1 Å². The zero-order chi connectivity index (χ0) is 15.2. The van der Waals surface area contributed by atoms with E-state index in [9.17, 15) is 0 Å². The van der Waals surface area contributed by atoms with Crippen molar-refractivity contribution < 1.29 is 0 Å². The van der Waals surface area contributed by atoms with Crippen molar-refractivity contribution in [3.63, 3.8) is 0 Å². The van der Waals surface area contributed by atoms with Crippen LogP contribution in [0.3, 0.4) is 0 Å². The molecule has 0 amide bonds. The molecule has 0 radical (unpaired) electrons. The van der Waals surface area contributed by atoms with Crippen molar-refractivity contribution in [2.45, 2.75) is 19.0 Å². The molecular weight excluding hydrogens is 328 g/mol. The second-order valence-corrected chi connectivity index (χ2v) is 6.20. The molecule has 114 valence electrons. The molecule has 0 saturated heterocycles. The lowest BCUT2D eigenvalue weighted by molar-refractivity contribution is 0.294. The van der Waals surface area contributed by atoms with Crippen LogP contribution in [-0.4, -0.2) is 35.1 Å². The molecule has 4 nitrogen and oxygen atoms in total. The fourth-order valence-corrected chi connectivity index (χ4v) is 2.99. The Bertz CT molecular complexity index is 567. The minimum Gasteiger partial charge on any atom is -0.337 e. The normalized spacial score (nSPS) is 12.8. The van der Waals surface area contributed by atoms with Gasteiger partial charge in [0, 0.05) is 36.5 Å². The Balaban J connectivity index is 1.91. The van der Waals surface area contributed by atoms with Crippen LogP contribution >= 0.6 is 15.9 Å². The smallest absolute Gasteiger partial charge is 0.122 e. The zero-order valence-electron chi connectivity index (χ0n) is 12.9. The molecule has 0 aliphatic heterocycles. The summed E-state index contributed by atoms with van der Waals surface area (Å²) in [6.45, 7) is 1.88. The number of rotatable bonds is 7. The molecule has 1 aromatic heterocycles. The number of benzene rings is 1. The van der Waals surface area contributed by atoms with Crippen molar-refractivity contribution in [1.29, 1.82) is 0 Å². The van der Waals surface area contributed by atoms with Gasteiger partial charge >= 0.3 is 0 Å². The Kier molecular flexibility index (Phi) is 5.96. The molecule has 1 unspecified atom stereocenters. The van der Waals surface area contributed by atoms with Gasteiger partial charge in [-0.3, -0.25) is 4.90 Å². The highest BCUT2D eigenvalue weighted by atomic mass is 79.9. The van der Waals surface area contributed by atoms with Crippen molar-refractivity contribution in [3.8, 4) is 0 Å². The topological polar surface area (TPSA) is 33.1 Å². The van der Waals surface area contributed by atoms with Crippen molar-refractivity contribution in [2.75, 3.05) is 20.6 Å². The Hall–Kier alpha value is -1.17. The number of aryl methyl sites for hydroxylation is 1. The van der Waals surface area contributed by atoms with Gasteiger partial charge in [0.15, 0.2) is 0 Å². The number of hydrogen-bond donors (Lipinski definition) is 1. The lowest BCUT2D eigenvalue weighted by Crippen LogP contribution is -2.26. The van der Waals surface area contributed by atoms with Gasteiger partial charge in [-0.1, -0.05) is 34.1 Å². The molecule has 0 saturated carbocycles. The minimum absolute atomic E-state index is 0.351. The Morgan fingerprint density at radius 2 is 2.14 bits per heavy atom. The average molecular weight is 351 g/mol. The van der Waals surface area contributed by atoms with E-state index in [1.54, 1.807) is 0 Å². The van der Waals surface area contributed by atoms with Gasteiger partial charge in [-0.25, -0.2) is 4.98 Å². The van der Waals surface area contributed by atoms with Crippen molar-refractivity contribution in [1.82, 2.24) is 19.8 Å². The first-order chi connectivity index (χ1) is 10.1. The SMILES string of the molecule is CNC(CCN(C)Cc1nccn1C)c1ccccc1Br. The summed E-state index contributed by atoms with van der Waals surface area (Å²) < 4.78 is 3.23. The quantitative estimate of drug-likeness (QED) is 0.833. The van der Waals surface area contributed by atoms with Gasteiger partial charge in [0.05, 0.1) is 6.54 Å². The van der Waals surface area contributed by atoms with Crippen molar-refractivity contribution in [3.05, 3.63) is 52.5 Å². The second kappa shape index (κ2) is 7.73. The molecule has 0 spiro atoms. The van der Waals surface area contributed by atoms with E-state index in [0.717, 1.165) is 29.8 Å². The van der Waals surface area contributed by atoms with Gasteiger partial charge in [0.2, 0.25) is 0 Å². The van der Waals surface area contributed by atoms with E-state index in [2.05, 4.69) is 60.9 Å². The maximum Gasteiger partial charge on any atom is 0.122 e. The summed E-state index contributed by atoms with van der Waals surface area (Å²) in [4.78, 5) is 6.68. The highest BCUT2D eigenvalue weighted by Crippen LogP contribution is 2.25. The molecule has 1 aromatic carbocycles. The molecule has 21 heavy (non-hydrogen) atoms. The van der Waals surface area contributed by atoms with Crippen molar-refractivity contribution in [2.24, 2.45) is 7.05 Å². The number of hydrogen-bond acceptors (Lipinski definition) is 3. The predicted octanol–water partition coefficient (Wildman–Crippen LogP) is 2.97. The molecule has 0 fully saturated rings. The van der Waals surface area contributed by atoms with Gasteiger partial charge in [-0.15, -0.1) is 0 Å². The summed E-state index contributed by atoms with van der Waals surface area (Å²) >= 11 is 3.64. The summed E-state index contributed by atoms with van der Waals surface area (Å²) in [5.41, 5.74) is 1.31. The van der Waals surface area contributed by atoms with Gasteiger partial charge in [0.25, 0.3) is 0 Å². The lowest BCUT2D eigenvalue weighted by atomic mass is 10.0. The lowest BCUT2D eigenvalue weighted by Gasteiger charge is -2.22.